The van der Waals surface area contributed by atoms with E-state index in [1.54, 1.807) is 0 Å². The van der Waals surface area contributed by atoms with E-state index in [4.69, 9.17) is 13.8 Å². The Morgan fingerprint density at radius 3 is 1.90 bits per heavy atom. The van der Waals surface area contributed by atoms with Crippen LogP contribution in [0.15, 0.2) is 179 Å². The van der Waals surface area contributed by atoms with Crippen molar-refractivity contribution in [2.45, 2.75) is 0 Å². The average molecular weight is 629 g/mol. The molecule has 230 valence electrons. The van der Waals surface area contributed by atoms with Gasteiger partial charge in [-0.1, -0.05) is 91.0 Å². The summed E-state index contributed by atoms with van der Waals surface area (Å²) >= 11 is 0. The topological polar surface area (TPSA) is 42.4 Å². The summed E-state index contributed by atoms with van der Waals surface area (Å²) in [7, 11) is 0. The van der Waals surface area contributed by atoms with E-state index in [1.807, 2.05) is 42.5 Å². The zero-order chi connectivity index (χ0) is 32.3. The molecule has 4 heteroatoms. The predicted octanol–water partition coefficient (Wildman–Crippen LogP) is 12.8. The van der Waals surface area contributed by atoms with Crippen LogP contribution in [0.25, 0.3) is 77.2 Å². The molecule has 0 aliphatic heterocycles. The lowest BCUT2D eigenvalue weighted by atomic mass is 9.91. The Bertz CT molecular complexity index is 2780. The maximum Gasteiger partial charge on any atom is 0.227 e. The van der Waals surface area contributed by atoms with Crippen molar-refractivity contribution in [3.63, 3.8) is 0 Å². The Morgan fingerprint density at radius 1 is 0.429 bits per heavy atom. The van der Waals surface area contributed by atoms with E-state index < -0.39 is 0 Å². The van der Waals surface area contributed by atoms with Gasteiger partial charge in [0.25, 0.3) is 0 Å². The molecule has 0 fully saturated rings. The molecular weight excluding hydrogens is 601 g/mol. The van der Waals surface area contributed by atoms with Gasteiger partial charge in [-0.3, -0.25) is 0 Å². The molecule has 0 bridgehead atoms. The smallest absolute Gasteiger partial charge is 0.227 e. The number of oxazole rings is 1. The Morgan fingerprint density at radius 2 is 1.12 bits per heavy atom. The molecule has 0 unspecified atom stereocenters. The zero-order valence-corrected chi connectivity index (χ0v) is 26.4. The first-order valence-corrected chi connectivity index (χ1v) is 16.5. The summed E-state index contributed by atoms with van der Waals surface area (Å²) in [6, 6.07) is 59.2. The van der Waals surface area contributed by atoms with Crippen LogP contribution in [0, 0.1) is 0 Å². The van der Waals surface area contributed by atoms with Crippen LogP contribution < -0.4 is 4.90 Å². The first kappa shape index (κ1) is 27.5. The van der Waals surface area contributed by atoms with Crippen molar-refractivity contribution in [3.8, 4) is 22.6 Å². The molecule has 0 atom stereocenters. The fourth-order valence-electron chi connectivity index (χ4n) is 7.19. The lowest BCUT2D eigenvalue weighted by molar-refractivity contribution is 0.623. The number of nitrogens with zero attached hydrogens (tertiary/aromatic N) is 2. The van der Waals surface area contributed by atoms with Gasteiger partial charge in [-0.05, 0) is 106 Å². The van der Waals surface area contributed by atoms with Gasteiger partial charge in [-0.25, -0.2) is 4.98 Å². The van der Waals surface area contributed by atoms with Crippen molar-refractivity contribution in [1.29, 1.82) is 0 Å². The third-order valence-electron chi connectivity index (χ3n) is 9.45. The summed E-state index contributed by atoms with van der Waals surface area (Å²) in [6.45, 7) is 0. The highest BCUT2D eigenvalue weighted by molar-refractivity contribution is 6.22. The van der Waals surface area contributed by atoms with E-state index in [0.29, 0.717) is 5.89 Å². The van der Waals surface area contributed by atoms with Gasteiger partial charge in [0.1, 0.15) is 16.7 Å². The maximum absolute atomic E-state index is 6.65. The Kier molecular flexibility index (Phi) is 6.15. The summed E-state index contributed by atoms with van der Waals surface area (Å²) in [5, 5.41) is 6.59. The molecule has 0 saturated carbocycles. The second-order valence-corrected chi connectivity index (χ2v) is 12.4. The number of fused-ring (bicyclic) bond motifs is 8. The molecule has 2 aromatic heterocycles. The standard InChI is InChI=1S/C45H28N2O2/c1-4-12-29(13-5-1)45-46-40-24-20-31-27-37(30-21-25-42-38(26-30)36-18-10-11-19-41(36)48-42)35-23-22-34(28-39(35)43(31)44(40)49-45)47(32-14-6-2-7-15-32)33-16-8-3-9-17-33/h1-28H. The van der Waals surface area contributed by atoms with Gasteiger partial charge in [0.15, 0.2) is 5.58 Å². The van der Waals surface area contributed by atoms with Gasteiger partial charge in [0.05, 0.1) is 0 Å². The molecule has 10 aromatic rings. The summed E-state index contributed by atoms with van der Waals surface area (Å²) in [5.74, 6) is 0.615. The fraction of sp³-hybridized carbons (Fsp3) is 0. The van der Waals surface area contributed by atoms with Crippen molar-refractivity contribution in [1.82, 2.24) is 4.98 Å². The van der Waals surface area contributed by atoms with Gasteiger partial charge in [-0.15, -0.1) is 0 Å². The highest BCUT2D eigenvalue weighted by Gasteiger charge is 2.20. The van der Waals surface area contributed by atoms with Crippen molar-refractivity contribution in [2.75, 3.05) is 4.90 Å². The average Bonchev–Trinajstić information content (AvgIpc) is 3.77. The SMILES string of the molecule is c1ccc(-c2nc3ccc4cc(-c5ccc6oc7ccccc7c6c5)c5ccc(N(c6ccccc6)c6ccccc6)cc5c4c3o2)cc1. The predicted molar refractivity (Wildman–Crippen MR) is 202 cm³/mol. The highest BCUT2D eigenvalue weighted by Crippen LogP contribution is 2.44. The minimum atomic E-state index is 0.615. The fourth-order valence-corrected chi connectivity index (χ4v) is 7.19. The van der Waals surface area contributed by atoms with Crippen molar-refractivity contribution < 1.29 is 8.83 Å². The molecule has 10 rings (SSSR count). The molecule has 0 aliphatic carbocycles. The molecule has 0 radical (unpaired) electrons. The van der Waals surface area contributed by atoms with Crippen LogP contribution in [-0.4, -0.2) is 4.98 Å². The third kappa shape index (κ3) is 4.49. The number of para-hydroxylation sites is 3. The summed E-state index contributed by atoms with van der Waals surface area (Å²) in [6.07, 6.45) is 0. The van der Waals surface area contributed by atoms with Gasteiger partial charge < -0.3 is 13.7 Å². The van der Waals surface area contributed by atoms with E-state index in [2.05, 4.69) is 132 Å². The Labute approximate surface area is 282 Å². The van der Waals surface area contributed by atoms with Crippen LogP contribution >= 0.6 is 0 Å². The van der Waals surface area contributed by atoms with Crippen LogP contribution in [0.2, 0.25) is 0 Å². The molecule has 4 nitrogen and oxygen atoms in total. The lowest BCUT2D eigenvalue weighted by Crippen LogP contribution is -2.09. The quantitative estimate of drug-likeness (QED) is 0.178. The van der Waals surface area contributed by atoms with Crippen LogP contribution in [0.4, 0.5) is 17.1 Å². The maximum atomic E-state index is 6.65. The second kappa shape index (κ2) is 11.0. The first-order valence-electron chi connectivity index (χ1n) is 16.5. The molecule has 8 aromatic carbocycles. The summed E-state index contributed by atoms with van der Waals surface area (Å²) < 4.78 is 12.8. The van der Waals surface area contributed by atoms with Crippen LogP contribution in [-0.2, 0) is 0 Å². The number of hydrogen-bond acceptors (Lipinski definition) is 4. The van der Waals surface area contributed by atoms with E-state index >= 15 is 0 Å². The van der Waals surface area contributed by atoms with Gasteiger partial charge in [0.2, 0.25) is 5.89 Å². The molecule has 0 spiro atoms. The molecule has 49 heavy (non-hydrogen) atoms. The minimum absolute atomic E-state index is 0.615. The van der Waals surface area contributed by atoms with Crippen LogP contribution in [0.3, 0.4) is 0 Å². The minimum Gasteiger partial charge on any atom is -0.456 e. The number of hydrogen-bond donors (Lipinski definition) is 0. The van der Waals surface area contributed by atoms with E-state index in [9.17, 15) is 0 Å². The summed E-state index contributed by atoms with van der Waals surface area (Å²) in [5.41, 5.74) is 9.85. The molecule has 2 heterocycles. The molecule has 0 amide bonds. The van der Waals surface area contributed by atoms with Gasteiger partial charge in [0, 0.05) is 38.8 Å². The van der Waals surface area contributed by atoms with Gasteiger partial charge >= 0.3 is 0 Å². The normalized spacial score (nSPS) is 11.7. The molecular formula is C45H28N2O2. The van der Waals surface area contributed by atoms with E-state index in [1.165, 1.54) is 0 Å². The van der Waals surface area contributed by atoms with Gasteiger partial charge in [-0.2, -0.15) is 0 Å². The molecule has 0 saturated heterocycles. The van der Waals surface area contributed by atoms with Crippen molar-refractivity contribution >= 4 is 71.6 Å². The molecule has 0 aliphatic rings. The zero-order valence-electron chi connectivity index (χ0n) is 26.4. The van der Waals surface area contributed by atoms with E-state index in [0.717, 1.165) is 88.3 Å². The van der Waals surface area contributed by atoms with Crippen LogP contribution in [0.5, 0.6) is 0 Å². The second-order valence-electron chi connectivity index (χ2n) is 12.4. The largest absolute Gasteiger partial charge is 0.456 e. The Hall–Kier alpha value is -6.65. The highest BCUT2D eigenvalue weighted by atomic mass is 16.3. The monoisotopic (exact) mass is 628 g/mol. The number of aromatic nitrogens is 1. The first-order chi connectivity index (χ1) is 24.3. The van der Waals surface area contributed by atoms with Crippen molar-refractivity contribution in [3.05, 3.63) is 170 Å². The summed E-state index contributed by atoms with van der Waals surface area (Å²) in [4.78, 5) is 7.25. The number of benzene rings is 8. The van der Waals surface area contributed by atoms with Crippen LogP contribution in [0.1, 0.15) is 0 Å². The number of rotatable bonds is 5. The Balaban J connectivity index is 1.28. The third-order valence-corrected chi connectivity index (χ3v) is 9.45. The van der Waals surface area contributed by atoms with Crippen molar-refractivity contribution in [2.24, 2.45) is 0 Å². The van der Waals surface area contributed by atoms with E-state index in [-0.39, 0.29) is 0 Å². The number of anilines is 3. The number of furan rings is 1. The lowest BCUT2D eigenvalue weighted by Gasteiger charge is -2.26. The molecule has 0 N–H and O–H groups in total.